The molecule has 0 spiro atoms. The molecule has 0 aliphatic rings. The minimum atomic E-state index is -0.225. The Bertz CT molecular complexity index is 1170. The summed E-state index contributed by atoms with van der Waals surface area (Å²) < 4.78 is 12.0. The maximum atomic E-state index is 13.2. The molecular weight excluding hydrogens is 446 g/mol. The molecule has 2 heterocycles. The van der Waals surface area contributed by atoms with Crippen LogP contribution in [0.5, 0.6) is 11.5 Å². The van der Waals surface area contributed by atoms with Gasteiger partial charge in [-0.2, -0.15) is 0 Å². The Morgan fingerprint density at radius 3 is 2.47 bits per heavy atom. The molecule has 0 unspecified atom stereocenters. The lowest BCUT2D eigenvalue weighted by atomic mass is 10.2. The molecule has 0 radical (unpaired) electrons. The average Bonchev–Trinajstić information content (AvgIpc) is 3.27. The first-order chi connectivity index (χ1) is 15.5. The molecule has 6 nitrogen and oxygen atoms in total. The molecule has 4 aromatic rings. The zero-order valence-corrected chi connectivity index (χ0v) is 19.3. The fourth-order valence-corrected chi connectivity index (χ4v) is 4.48. The van der Waals surface area contributed by atoms with Crippen LogP contribution in [0.25, 0.3) is 10.2 Å². The molecule has 0 aliphatic heterocycles. The number of amides is 1. The van der Waals surface area contributed by atoms with Gasteiger partial charge in [0.05, 0.1) is 34.1 Å². The highest BCUT2D eigenvalue weighted by molar-refractivity contribution is 7.23. The van der Waals surface area contributed by atoms with Crippen molar-refractivity contribution in [1.29, 1.82) is 0 Å². The van der Waals surface area contributed by atoms with E-state index in [-0.39, 0.29) is 19.1 Å². The maximum absolute atomic E-state index is 13.2. The Balaban J connectivity index is 1.58. The molecule has 2 aromatic carbocycles. The summed E-state index contributed by atoms with van der Waals surface area (Å²) in [6.07, 6.45) is 1.70. The normalized spacial score (nSPS) is 10.8. The molecule has 4 rings (SSSR count). The zero-order valence-electron chi connectivity index (χ0n) is 17.7. The van der Waals surface area contributed by atoms with Crippen molar-refractivity contribution >= 4 is 44.2 Å². The van der Waals surface area contributed by atoms with Gasteiger partial charge in [0.25, 0.3) is 5.91 Å². The molecule has 0 N–H and O–H groups in total. The van der Waals surface area contributed by atoms with Gasteiger partial charge in [-0.3, -0.25) is 14.7 Å². The SMILES string of the molecule is CCOc1ccc(OCC(=O)N(Cc2ccccn2)c2nc3c(C)ccc(Cl)c3s2)cc1. The summed E-state index contributed by atoms with van der Waals surface area (Å²) in [6.45, 7) is 4.64. The second kappa shape index (κ2) is 9.97. The predicted molar refractivity (Wildman–Crippen MR) is 128 cm³/mol. The quantitative estimate of drug-likeness (QED) is 0.334. The molecule has 164 valence electrons. The van der Waals surface area contributed by atoms with Gasteiger partial charge in [0.2, 0.25) is 0 Å². The van der Waals surface area contributed by atoms with Gasteiger partial charge in [-0.15, -0.1) is 0 Å². The van der Waals surface area contributed by atoms with Crippen molar-refractivity contribution in [3.8, 4) is 11.5 Å². The minimum Gasteiger partial charge on any atom is -0.494 e. The summed E-state index contributed by atoms with van der Waals surface area (Å²) in [5.74, 6) is 1.12. The molecular formula is C24H22ClN3O3S. The number of hydrogen-bond acceptors (Lipinski definition) is 6. The molecule has 0 saturated carbocycles. The Morgan fingerprint density at radius 1 is 1.06 bits per heavy atom. The number of fused-ring (bicyclic) bond motifs is 1. The van der Waals surface area contributed by atoms with Gasteiger partial charge >= 0.3 is 0 Å². The van der Waals surface area contributed by atoms with E-state index in [0.717, 1.165) is 27.2 Å². The summed E-state index contributed by atoms with van der Waals surface area (Å²) in [5, 5.41) is 1.17. The number of rotatable bonds is 8. The third kappa shape index (κ3) is 5.00. The van der Waals surface area contributed by atoms with Gasteiger partial charge < -0.3 is 9.47 Å². The van der Waals surface area contributed by atoms with E-state index in [4.69, 9.17) is 26.1 Å². The summed E-state index contributed by atoms with van der Waals surface area (Å²) in [6, 6.07) is 16.6. The number of thiazole rings is 1. The fraction of sp³-hybridized carbons (Fsp3) is 0.208. The highest BCUT2D eigenvalue weighted by atomic mass is 35.5. The first-order valence-electron chi connectivity index (χ1n) is 10.2. The van der Waals surface area contributed by atoms with Crippen LogP contribution in [0, 0.1) is 6.92 Å². The summed E-state index contributed by atoms with van der Waals surface area (Å²) in [7, 11) is 0. The number of carbonyl (C=O) groups is 1. The number of nitrogens with zero attached hydrogens (tertiary/aromatic N) is 3. The van der Waals surface area contributed by atoms with Crippen LogP contribution in [0.4, 0.5) is 5.13 Å². The van der Waals surface area contributed by atoms with Crippen molar-refractivity contribution in [1.82, 2.24) is 9.97 Å². The number of hydrogen-bond donors (Lipinski definition) is 0. The second-order valence-corrected chi connectivity index (χ2v) is 8.42. The van der Waals surface area contributed by atoms with Crippen LogP contribution in [0.2, 0.25) is 5.02 Å². The third-order valence-corrected chi connectivity index (χ3v) is 6.30. The fourth-order valence-electron chi connectivity index (χ4n) is 3.14. The van der Waals surface area contributed by atoms with Crippen molar-refractivity contribution in [3.63, 3.8) is 0 Å². The van der Waals surface area contributed by atoms with Gasteiger partial charge in [-0.1, -0.05) is 35.1 Å². The number of halogens is 1. The van der Waals surface area contributed by atoms with Gasteiger partial charge in [0.15, 0.2) is 11.7 Å². The Morgan fingerprint density at radius 2 is 1.81 bits per heavy atom. The van der Waals surface area contributed by atoms with Crippen LogP contribution in [-0.2, 0) is 11.3 Å². The van der Waals surface area contributed by atoms with E-state index in [1.165, 1.54) is 11.3 Å². The molecule has 0 saturated heterocycles. The molecule has 0 atom stereocenters. The van der Waals surface area contributed by atoms with E-state index in [9.17, 15) is 4.79 Å². The molecule has 0 bridgehead atoms. The van der Waals surface area contributed by atoms with E-state index < -0.39 is 0 Å². The van der Waals surface area contributed by atoms with Crippen molar-refractivity contribution in [2.75, 3.05) is 18.1 Å². The van der Waals surface area contributed by atoms with Crippen LogP contribution in [0.1, 0.15) is 18.2 Å². The second-order valence-electron chi connectivity index (χ2n) is 7.03. The number of benzene rings is 2. The van der Waals surface area contributed by atoms with E-state index >= 15 is 0 Å². The third-order valence-electron chi connectivity index (χ3n) is 4.76. The van der Waals surface area contributed by atoms with E-state index in [0.29, 0.717) is 22.5 Å². The summed E-state index contributed by atoms with van der Waals surface area (Å²) >= 11 is 7.77. The van der Waals surface area contributed by atoms with Crippen LogP contribution < -0.4 is 14.4 Å². The summed E-state index contributed by atoms with van der Waals surface area (Å²) in [5.41, 5.74) is 2.55. The minimum absolute atomic E-state index is 0.135. The van der Waals surface area contributed by atoms with Gasteiger partial charge in [0.1, 0.15) is 11.5 Å². The Hall–Kier alpha value is -3.16. The molecule has 0 aliphatic carbocycles. The first kappa shape index (κ1) is 22.0. The van der Waals surface area contributed by atoms with Crippen molar-refractivity contribution < 1.29 is 14.3 Å². The maximum Gasteiger partial charge on any atom is 0.267 e. The number of ether oxygens (including phenoxy) is 2. The average molecular weight is 468 g/mol. The standard InChI is InChI=1S/C24H22ClN3O3S/c1-3-30-18-8-10-19(11-9-18)31-15-21(29)28(14-17-6-4-5-13-26-17)24-27-22-16(2)7-12-20(25)23(22)32-24/h4-13H,3,14-15H2,1-2H3. The topological polar surface area (TPSA) is 64.6 Å². The van der Waals surface area contributed by atoms with Gasteiger partial charge in [-0.05, 0) is 61.9 Å². The predicted octanol–water partition coefficient (Wildman–Crippen LogP) is 5.66. The Labute approximate surface area is 195 Å². The van der Waals surface area contributed by atoms with Crippen LogP contribution in [0.15, 0.2) is 60.8 Å². The van der Waals surface area contributed by atoms with Crippen LogP contribution in [-0.4, -0.2) is 29.1 Å². The lowest BCUT2D eigenvalue weighted by molar-refractivity contribution is -0.120. The molecule has 8 heteroatoms. The van der Waals surface area contributed by atoms with Crippen molar-refractivity contribution in [2.24, 2.45) is 0 Å². The van der Waals surface area contributed by atoms with Crippen molar-refractivity contribution in [2.45, 2.75) is 20.4 Å². The first-order valence-corrected chi connectivity index (χ1v) is 11.4. The highest BCUT2D eigenvalue weighted by Crippen LogP contribution is 2.36. The van der Waals surface area contributed by atoms with Crippen LogP contribution >= 0.6 is 22.9 Å². The van der Waals surface area contributed by atoms with E-state index in [1.54, 1.807) is 23.2 Å². The number of anilines is 1. The van der Waals surface area contributed by atoms with Gasteiger partial charge in [0, 0.05) is 6.20 Å². The van der Waals surface area contributed by atoms with Crippen molar-refractivity contribution in [3.05, 3.63) is 77.1 Å². The molecule has 2 aromatic heterocycles. The largest absolute Gasteiger partial charge is 0.494 e. The zero-order chi connectivity index (χ0) is 22.5. The molecule has 0 fully saturated rings. The smallest absolute Gasteiger partial charge is 0.267 e. The monoisotopic (exact) mass is 467 g/mol. The summed E-state index contributed by atoms with van der Waals surface area (Å²) in [4.78, 5) is 23.9. The number of aromatic nitrogens is 2. The van der Waals surface area contributed by atoms with Gasteiger partial charge in [-0.25, -0.2) is 4.98 Å². The number of aryl methyl sites for hydroxylation is 1. The van der Waals surface area contributed by atoms with E-state index in [2.05, 4.69) is 4.98 Å². The van der Waals surface area contributed by atoms with Crippen LogP contribution in [0.3, 0.4) is 0 Å². The number of pyridine rings is 1. The Kier molecular flexibility index (Phi) is 6.87. The molecule has 1 amide bonds. The lowest BCUT2D eigenvalue weighted by Crippen LogP contribution is -2.34. The van der Waals surface area contributed by atoms with E-state index in [1.807, 2.05) is 56.3 Å². The molecule has 32 heavy (non-hydrogen) atoms. The lowest BCUT2D eigenvalue weighted by Gasteiger charge is -2.19. The highest BCUT2D eigenvalue weighted by Gasteiger charge is 2.22. The number of carbonyl (C=O) groups excluding carboxylic acids is 1.